The van der Waals surface area contributed by atoms with Crippen LogP contribution in [0.1, 0.15) is 16.8 Å². The topological polar surface area (TPSA) is 47.0 Å². The van der Waals surface area contributed by atoms with Crippen molar-refractivity contribution in [2.45, 2.75) is 6.42 Å². The van der Waals surface area contributed by atoms with Gasteiger partial charge in [0, 0.05) is 47.5 Å². The van der Waals surface area contributed by atoms with Crippen molar-refractivity contribution >= 4 is 41.6 Å². The Labute approximate surface area is 92.5 Å². The summed E-state index contributed by atoms with van der Waals surface area (Å²) < 4.78 is 0. The van der Waals surface area contributed by atoms with Gasteiger partial charge in [-0.25, -0.2) is 0 Å². The molecule has 57 valence electrons. The van der Waals surface area contributed by atoms with E-state index in [2.05, 4.69) is 4.98 Å². The molecule has 0 N–H and O–H groups in total. The molecule has 0 fully saturated rings. The standard InChI is InChI=1S/C8H7NO2.Na/c10-5-3-8(11)7-2-1-4-9-6-7;/h1-2,4-6H,3H2;. The zero-order valence-electron chi connectivity index (χ0n) is 6.86. The van der Waals surface area contributed by atoms with Crippen molar-refractivity contribution in [2.75, 3.05) is 0 Å². The third-order valence-electron chi connectivity index (χ3n) is 1.25. The van der Waals surface area contributed by atoms with Crippen LogP contribution < -0.4 is 0 Å². The predicted octanol–water partition coefficient (Wildman–Crippen LogP) is 0.472. The van der Waals surface area contributed by atoms with Crippen LogP contribution in [-0.4, -0.2) is 46.6 Å². The summed E-state index contributed by atoms with van der Waals surface area (Å²) in [7, 11) is 0. The summed E-state index contributed by atoms with van der Waals surface area (Å²) >= 11 is 0. The second-order valence-electron chi connectivity index (χ2n) is 2.04. The van der Waals surface area contributed by atoms with Crippen LogP contribution in [0.3, 0.4) is 0 Å². The number of pyridine rings is 1. The van der Waals surface area contributed by atoms with Crippen LogP contribution in [0.25, 0.3) is 0 Å². The number of carbonyl (C=O) groups is 2. The first-order chi connectivity index (χ1) is 5.34. The number of ketones is 1. The fourth-order valence-electron chi connectivity index (χ4n) is 0.721. The molecule has 12 heavy (non-hydrogen) atoms. The molecule has 0 bridgehead atoms. The van der Waals surface area contributed by atoms with E-state index in [1.807, 2.05) is 0 Å². The Hall–Kier alpha value is -0.510. The van der Waals surface area contributed by atoms with Crippen molar-refractivity contribution in [3.8, 4) is 0 Å². The van der Waals surface area contributed by atoms with Crippen molar-refractivity contribution in [1.82, 2.24) is 4.98 Å². The second-order valence-corrected chi connectivity index (χ2v) is 2.04. The van der Waals surface area contributed by atoms with Gasteiger partial charge in [-0.05, 0) is 12.1 Å². The van der Waals surface area contributed by atoms with E-state index in [0.29, 0.717) is 11.8 Å². The predicted molar refractivity (Wildman–Crippen MR) is 45.0 cm³/mol. The SMILES string of the molecule is O=CCC(=O)c1cccnc1.[Na]. The molecule has 1 radical (unpaired) electrons. The van der Waals surface area contributed by atoms with Gasteiger partial charge in [0.25, 0.3) is 0 Å². The van der Waals surface area contributed by atoms with Crippen LogP contribution in [0.4, 0.5) is 0 Å². The number of hydrogen-bond donors (Lipinski definition) is 0. The minimum absolute atomic E-state index is 0. The first-order valence-corrected chi connectivity index (χ1v) is 3.21. The van der Waals surface area contributed by atoms with Crippen molar-refractivity contribution < 1.29 is 9.59 Å². The summed E-state index contributed by atoms with van der Waals surface area (Å²) in [5, 5.41) is 0. The molecular weight excluding hydrogens is 165 g/mol. The maximum atomic E-state index is 11.0. The number of aromatic nitrogens is 1. The second kappa shape index (κ2) is 6.06. The number of hydrogen-bond acceptors (Lipinski definition) is 3. The maximum Gasteiger partial charge on any atom is 0.171 e. The van der Waals surface area contributed by atoms with Gasteiger partial charge in [0.15, 0.2) is 5.78 Å². The number of rotatable bonds is 3. The Morgan fingerprint density at radius 3 is 2.83 bits per heavy atom. The maximum absolute atomic E-state index is 11.0. The third-order valence-corrected chi connectivity index (χ3v) is 1.25. The molecule has 1 aromatic heterocycles. The summed E-state index contributed by atoms with van der Waals surface area (Å²) in [6.45, 7) is 0. The van der Waals surface area contributed by atoms with Gasteiger partial charge in [-0.3, -0.25) is 9.78 Å². The summed E-state index contributed by atoms with van der Waals surface area (Å²) in [5.74, 6) is -0.187. The molecule has 0 saturated carbocycles. The van der Waals surface area contributed by atoms with Crippen molar-refractivity contribution in [3.05, 3.63) is 30.1 Å². The molecule has 0 unspecified atom stereocenters. The first kappa shape index (κ1) is 11.5. The quantitative estimate of drug-likeness (QED) is 0.288. The molecule has 3 nitrogen and oxygen atoms in total. The average Bonchev–Trinajstić information content (AvgIpc) is 2.07. The smallest absolute Gasteiger partial charge is 0.171 e. The van der Waals surface area contributed by atoms with Crippen molar-refractivity contribution in [2.24, 2.45) is 0 Å². The van der Waals surface area contributed by atoms with E-state index in [1.54, 1.807) is 18.3 Å². The summed E-state index contributed by atoms with van der Waals surface area (Å²) in [6, 6.07) is 3.30. The molecule has 0 amide bonds. The van der Waals surface area contributed by atoms with E-state index in [9.17, 15) is 9.59 Å². The molecule has 0 saturated heterocycles. The van der Waals surface area contributed by atoms with Gasteiger partial charge in [0.05, 0.1) is 6.42 Å². The first-order valence-electron chi connectivity index (χ1n) is 3.21. The van der Waals surface area contributed by atoms with Gasteiger partial charge in [-0.2, -0.15) is 0 Å². The number of nitrogens with zero attached hydrogens (tertiary/aromatic N) is 1. The Morgan fingerprint density at radius 2 is 2.33 bits per heavy atom. The molecule has 0 aliphatic rings. The molecular formula is C8H7NNaO2. The van der Waals surface area contributed by atoms with Gasteiger partial charge in [-0.15, -0.1) is 0 Å². The molecule has 0 atom stereocenters. The molecule has 0 aliphatic carbocycles. The van der Waals surface area contributed by atoms with Gasteiger partial charge < -0.3 is 4.79 Å². The average molecular weight is 172 g/mol. The largest absolute Gasteiger partial charge is 0.303 e. The molecule has 0 spiro atoms. The summed E-state index contributed by atoms with van der Waals surface area (Å²) in [5.41, 5.74) is 0.486. The Morgan fingerprint density at radius 1 is 1.58 bits per heavy atom. The zero-order valence-corrected chi connectivity index (χ0v) is 8.86. The van der Waals surface area contributed by atoms with E-state index < -0.39 is 0 Å². The van der Waals surface area contributed by atoms with E-state index >= 15 is 0 Å². The molecule has 1 heterocycles. The Balaban J connectivity index is 0.00000121. The summed E-state index contributed by atoms with van der Waals surface area (Å²) in [6.07, 6.45) is 3.56. The van der Waals surface area contributed by atoms with Crippen LogP contribution in [0.15, 0.2) is 24.5 Å². The number of carbonyl (C=O) groups excluding carboxylic acids is 2. The minimum atomic E-state index is -0.187. The van der Waals surface area contributed by atoms with E-state index in [1.165, 1.54) is 6.20 Å². The molecule has 0 aliphatic heterocycles. The molecule has 1 aromatic rings. The van der Waals surface area contributed by atoms with Gasteiger partial charge in [0.1, 0.15) is 6.29 Å². The van der Waals surface area contributed by atoms with Gasteiger partial charge >= 0.3 is 0 Å². The Kier molecular flexibility index (Phi) is 5.80. The van der Waals surface area contributed by atoms with Gasteiger partial charge in [-0.1, -0.05) is 0 Å². The summed E-state index contributed by atoms with van der Waals surface area (Å²) in [4.78, 5) is 24.7. The van der Waals surface area contributed by atoms with E-state index in [-0.39, 0.29) is 41.8 Å². The molecule has 1 rings (SSSR count). The fourth-order valence-corrected chi connectivity index (χ4v) is 0.721. The third kappa shape index (κ3) is 3.26. The normalized spacial score (nSPS) is 8.33. The van der Waals surface area contributed by atoms with Crippen LogP contribution in [0.2, 0.25) is 0 Å². The van der Waals surface area contributed by atoms with E-state index in [0.717, 1.165) is 0 Å². The monoisotopic (exact) mass is 172 g/mol. The minimum Gasteiger partial charge on any atom is -0.303 e. The van der Waals surface area contributed by atoms with Crippen LogP contribution in [0.5, 0.6) is 0 Å². The fraction of sp³-hybridized carbons (Fsp3) is 0.125. The Bertz CT molecular complexity index is 261. The molecule has 0 aromatic carbocycles. The number of Topliss-reactive ketones (excluding diaryl/α,β-unsaturated/α-hetero) is 1. The molecule has 4 heteroatoms. The van der Waals surface area contributed by atoms with Gasteiger partial charge in [0.2, 0.25) is 0 Å². The van der Waals surface area contributed by atoms with Crippen LogP contribution in [-0.2, 0) is 4.79 Å². The zero-order chi connectivity index (χ0) is 8.10. The van der Waals surface area contributed by atoms with E-state index in [4.69, 9.17) is 0 Å². The van der Waals surface area contributed by atoms with Crippen molar-refractivity contribution in [1.29, 1.82) is 0 Å². The van der Waals surface area contributed by atoms with Crippen LogP contribution in [0, 0.1) is 0 Å². The number of aldehydes is 1. The van der Waals surface area contributed by atoms with Crippen LogP contribution >= 0.6 is 0 Å². The van der Waals surface area contributed by atoms with Crippen molar-refractivity contribution in [3.63, 3.8) is 0 Å².